The Morgan fingerprint density at radius 2 is 2.16 bits per heavy atom. The molecular weight excluding hydrogens is 234 g/mol. The number of anilines is 1. The lowest BCUT2D eigenvalue weighted by atomic mass is 10.1. The second-order valence-corrected chi connectivity index (χ2v) is 5.65. The number of hydrogen-bond donors (Lipinski definition) is 1. The van der Waals surface area contributed by atoms with Crippen LogP contribution in [-0.2, 0) is 6.42 Å². The number of nitrogens with zero attached hydrogens (tertiary/aromatic N) is 2. The number of para-hydroxylation sites is 1. The molecule has 19 heavy (non-hydrogen) atoms. The van der Waals surface area contributed by atoms with Gasteiger partial charge < -0.3 is 4.90 Å². The summed E-state index contributed by atoms with van der Waals surface area (Å²) in [6.07, 6.45) is 6.10. The van der Waals surface area contributed by atoms with Crippen LogP contribution in [0.5, 0.6) is 0 Å². The monoisotopic (exact) mass is 255 g/mol. The molecular formula is C16H21N3. The molecule has 1 aromatic carbocycles. The van der Waals surface area contributed by atoms with Crippen LogP contribution in [0.4, 0.5) is 5.69 Å². The maximum atomic E-state index is 9.31. The van der Waals surface area contributed by atoms with Gasteiger partial charge in [-0.05, 0) is 43.7 Å². The van der Waals surface area contributed by atoms with Crippen molar-refractivity contribution in [3.05, 3.63) is 29.8 Å². The molecule has 1 fully saturated rings. The van der Waals surface area contributed by atoms with Gasteiger partial charge in [-0.2, -0.15) is 5.26 Å². The van der Waals surface area contributed by atoms with E-state index in [1.165, 1.54) is 43.4 Å². The second kappa shape index (κ2) is 5.63. The molecule has 3 nitrogen and oxygen atoms in total. The minimum atomic E-state index is -0.0429. The fraction of sp³-hybridized carbons (Fsp3) is 0.562. The molecule has 0 radical (unpaired) electrons. The predicted molar refractivity (Wildman–Crippen MR) is 77.2 cm³/mol. The zero-order valence-corrected chi connectivity index (χ0v) is 11.3. The van der Waals surface area contributed by atoms with Crippen LogP contribution >= 0.6 is 0 Å². The number of nitriles is 1. The number of aryl methyl sites for hydroxylation is 1. The summed E-state index contributed by atoms with van der Waals surface area (Å²) in [5, 5.41) is 12.7. The van der Waals surface area contributed by atoms with Gasteiger partial charge in [-0.3, -0.25) is 5.32 Å². The Morgan fingerprint density at radius 1 is 1.32 bits per heavy atom. The predicted octanol–water partition coefficient (Wildman–Crippen LogP) is 2.47. The zero-order valence-electron chi connectivity index (χ0n) is 11.3. The summed E-state index contributed by atoms with van der Waals surface area (Å²) < 4.78 is 0. The molecule has 1 unspecified atom stereocenters. The molecule has 1 atom stereocenters. The van der Waals surface area contributed by atoms with E-state index in [0.29, 0.717) is 6.04 Å². The van der Waals surface area contributed by atoms with Crippen molar-refractivity contribution in [2.75, 3.05) is 18.0 Å². The lowest BCUT2D eigenvalue weighted by molar-refractivity contribution is 0.574. The highest BCUT2D eigenvalue weighted by Crippen LogP contribution is 2.26. The fourth-order valence-electron chi connectivity index (χ4n) is 2.84. The van der Waals surface area contributed by atoms with E-state index in [-0.39, 0.29) is 6.04 Å². The Kier molecular flexibility index (Phi) is 3.70. The van der Waals surface area contributed by atoms with Crippen LogP contribution in [0.25, 0.3) is 0 Å². The van der Waals surface area contributed by atoms with Crippen LogP contribution in [0.15, 0.2) is 24.3 Å². The maximum Gasteiger partial charge on any atom is 0.113 e. The van der Waals surface area contributed by atoms with Gasteiger partial charge in [-0.25, -0.2) is 0 Å². The third-order valence-corrected chi connectivity index (χ3v) is 4.03. The van der Waals surface area contributed by atoms with E-state index in [1.807, 2.05) is 0 Å². The molecule has 100 valence electrons. The summed E-state index contributed by atoms with van der Waals surface area (Å²) in [5.41, 5.74) is 2.76. The first-order valence-corrected chi connectivity index (χ1v) is 7.35. The van der Waals surface area contributed by atoms with Crippen LogP contribution in [0.2, 0.25) is 0 Å². The first-order chi connectivity index (χ1) is 9.36. The van der Waals surface area contributed by atoms with Gasteiger partial charge in [0.05, 0.1) is 6.07 Å². The van der Waals surface area contributed by atoms with Gasteiger partial charge in [0.15, 0.2) is 0 Å². The molecule has 1 aromatic rings. The van der Waals surface area contributed by atoms with Crippen molar-refractivity contribution < 1.29 is 0 Å². The highest BCUT2D eigenvalue weighted by atomic mass is 15.2. The van der Waals surface area contributed by atoms with Gasteiger partial charge in [0.2, 0.25) is 0 Å². The summed E-state index contributed by atoms with van der Waals surface area (Å²) in [7, 11) is 0. The van der Waals surface area contributed by atoms with Gasteiger partial charge in [0.25, 0.3) is 0 Å². The van der Waals surface area contributed by atoms with Crippen molar-refractivity contribution in [2.24, 2.45) is 0 Å². The molecule has 3 heteroatoms. The number of hydrogen-bond acceptors (Lipinski definition) is 3. The summed E-state index contributed by atoms with van der Waals surface area (Å²) in [5.74, 6) is 0. The van der Waals surface area contributed by atoms with Gasteiger partial charge in [-0.1, -0.05) is 18.2 Å². The van der Waals surface area contributed by atoms with Crippen molar-refractivity contribution in [2.45, 2.75) is 44.2 Å². The molecule has 0 aromatic heterocycles. The number of rotatable bonds is 4. The molecule has 0 spiro atoms. The third kappa shape index (κ3) is 3.08. The van der Waals surface area contributed by atoms with Crippen LogP contribution < -0.4 is 10.2 Å². The van der Waals surface area contributed by atoms with Crippen LogP contribution in [-0.4, -0.2) is 25.2 Å². The molecule has 2 aliphatic rings. The fourth-order valence-corrected chi connectivity index (χ4v) is 2.84. The first-order valence-electron chi connectivity index (χ1n) is 7.35. The number of benzene rings is 1. The van der Waals surface area contributed by atoms with Gasteiger partial charge in [-0.15, -0.1) is 0 Å². The summed E-state index contributed by atoms with van der Waals surface area (Å²) in [6.45, 7) is 1.88. The van der Waals surface area contributed by atoms with Crippen molar-refractivity contribution in [1.29, 1.82) is 5.26 Å². The van der Waals surface area contributed by atoms with Crippen molar-refractivity contribution >= 4 is 5.69 Å². The van der Waals surface area contributed by atoms with Crippen molar-refractivity contribution in [1.82, 2.24) is 5.32 Å². The van der Waals surface area contributed by atoms with Crippen molar-refractivity contribution in [3.8, 4) is 6.07 Å². The maximum absolute atomic E-state index is 9.31. The molecule has 1 saturated carbocycles. The minimum Gasteiger partial charge on any atom is -0.369 e. The largest absolute Gasteiger partial charge is 0.369 e. The van der Waals surface area contributed by atoms with E-state index in [2.05, 4.69) is 40.6 Å². The minimum absolute atomic E-state index is 0.0429. The lowest BCUT2D eigenvalue weighted by Gasteiger charge is -2.27. The lowest BCUT2D eigenvalue weighted by Crippen LogP contribution is -2.41. The molecule has 0 saturated heterocycles. The van der Waals surface area contributed by atoms with Crippen LogP contribution in [0, 0.1) is 11.3 Å². The van der Waals surface area contributed by atoms with Crippen LogP contribution in [0.1, 0.15) is 31.2 Å². The molecule has 1 aliphatic heterocycles. The summed E-state index contributed by atoms with van der Waals surface area (Å²) >= 11 is 0. The normalized spacial score (nSPS) is 20.3. The van der Waals surface area contributed by atoms with Gasteiger partial charge >= 0.3 is 0 Å². The first kappa shape index (κ1) is 12.5. The van der Waals surface area contributed by atoms with E-state index in [4.69, 9.17) is 0 Å². The van der Waals surface area contributed by atoms with Gasteiger partial charge in [0.1, 0.15) is 6.04 Å². The Hall–Kier alpha value is -1.53. The zero-order chi connectivity index (χ0) is 13.1. The average molecular weight is 255 g/mol. The topological polar surface area (TPSA) is 39.1 Å². The molecule has 0 bridgehead atoms. The summed E-state index contributed by atoms with van der Waals surface area (Å²) in [6, 6.07) is 11.6. The highest BCUT2D eigenvalue weighted by molar-refractivity contribution is 5.54. The van der Waals surface area contributed by atoms with E-state index in [1.54, 1.807) is 0 Å². The summed E-state index contributed by atoms with van der Waals surface area (Å²) in [4.78, 5) is 2.39. The van der Waals surface area contributed by atoms with E-state index >= 15 is 0 Å². The number of nitrogens with one attached hydrogen (secondary N) is 1. The molecule has 1 heterocycles. The third-order valence-electron chi connectivity index (χ3n) is 4.03. The Balaban J connectivity index is 1.73. The standard InChI is InChI=1S/C16H21N3/c17-11-15(18-14-8-9-14)12-19-10-4-3-6-13-5-1-2-7-16(13)19/h1-2,5,7,14-15,18H,3-4,6,8-10,12H2. The van der Waals surface area contributed by atoms with E-state index < -0.39 is 0 Å². The molecule has 0 amide bonds. The molecule has 1 N–H and O–H groups in total. The van der Waals surface area contributed by atoms with E-state index in [9.17, 15) is 5.26 Å². The molecule has 3 rings (SSSR count). The SMILES string of the molecule is N#CC(CN1CCCCc2ccccc21)NC1CC1. The Morgan fingerprint density at radius 3 is 2.95 bits per heavy atom. The van der Waals surface area contributed by atoms with Crippen molar-refractivity contribution in [3.63, 3.8) is 0 Å². The molecule has 1 aliphatic carbocycles. The highest BCUT2D eigenvalue weighted by Gasteiger charge is 2.26. The quantitative estimate of drug-likeness (QED) is 0.898. The number of fused-ring (bicyclic) bond motifs is 1. The van der Waals surface area contributed by atoms with E-state index in [0.717, 1.165) is 13.1 Å². The smallest absolute Gasteiger partial charge is 0.113 e. The van der Waals surface area contributed by atoms with Gasteiger partial charge in [0, 0.05) is 24.8 Å². The Bertz CT molecular complexity index is 473. The Labute approximate surface area is 115 Å². The second-order valence-electron chi connectivity index (χ2n) is 5.65. The van der Waals surface area contributed by atoms with Crippen LogP contribution in [0.3, 0.4) is 0 Å². The average Bonchev–Trinajstić information content (AvgIpc) is 3.26.